The summed E-state index contributed by atoms with van der Waals surface area (Å²) in [6.45, 7) is 1.97. The van der Waals surface area contributed by atoms with Crippen molar-refractivity contribution in [1.29, 1.82) is 0 Å². The largest absolute Gasteiger partial charge is 0.496 e. The predicted molar refractivity (Wildman–Crippen MR) is 67.4 cm³/mol. The van der Waals surface area contributed by atoms with Crippen molar-refractivity contribution in [3.05, 3.63) is 29.8 Å². The highest BCUT2D eigenvalue weighted by Gasteiger charge is 2.21. The molecule has 0 fully saturated rings. The number of carbonyl (C=O) groups excluding carboxylic acids is 1. The van der Waals surface area contributed by atoms with E-state index in [2.05, 4.69) is 6.92 Å². The molecule has 0 aliphatic carbocycles. The molecule has 94 valence electrons. The number of aliphatic hydroxyl groups is 1. The van der Waals surface area contributed by atoms with Crippen molar-refractivity contribution in [2.75, 3.05) is 13.7 Å². The maximum atomic E-state index is 12.2. The minimum Gasteiger partial charge on any atom is -0.496 e. The standard InChI is InChI=1S/C14H20O3/c1-3-4-7-11(10-15)14(16)12-8-5-6-9-13(12)17-2/h5-6,8-9,11,15H,3-4,7,10H2,1-2H3. The summed E-state index contributed by atoms with van der Waals surface area (Å²) < 4.78 is 5.16. The Morgan fingerprint density at radius 3 is 2.71 bits per heavy atom. The van der Waals surface area contributed by atoms with E-state index in [1.807, 2.05) is 12.1 Å². The van der Waals surface area contributed by atoms with Gasteiger partial charge in [-0.2, -0.15) is 0 Å². The van der Waals surface area contributed by atoms with Gasteiger partial charge in [0, 0.05) is 5.92 Å². The molecule has 0 saturated carbocycles. The third-order valence-corrected chi connectivity index (χ3v) is 2.87. The second-order valence-corrected chi connectivity index (χ2v) is 4.09. The number of ketones is 1. The lowest BCUT2D eigenvalue weighted by Crippen LogP contribution is -2.19. The Hall–Kier alpha value is -1.35. The van der Waals surface area contributed by atoms with Gasteiger partial charge in [0.25, 0.3) is 0 Å². The Bertz CT molecular complexity index is 360. The summed E-state index contributed by atoms with van der Waals surface area (Å²) in [5.41, 5.74) is 0.560. The molecule has 0 heterocycles. The molecule has 3 heteroatoms. The first kappa shape index (κ1) is 13.7. The van der Waals surface area contributed by atoms with Crippen LogP contribution in [0.15, 0.2) is 24.3 Å². The number of methoxy groups -OCH3 is 1. The van der Waals surface area contributed by atoms with Crippen molar-refractivity contribution in [1.82, 2.24) is 0 Å². The lowest BCUT2D eigenvalue weighted by molar-refractivity contribution is 0.0845. The zero-order valence-corrected chi connectivity index (χ0v) is 10.5. The number of carbonyl (C=O) groups is 1. The van der Waals surface area contributed by atoms with Crippen LogP contribution < -0.4 is 4.74 Å². The molecule has 0 saturated heterocycles. The summed E-state index contributed by atoms with van der Waals surface area (Å²) in [7, 11) is 1.55. The molecule has 1 N–H and O–H groups in total. The van der Waals surface area contributed by atoms with Crippen molar-refractivity contribution in [3.8, 4) is 5.75 Å². The van der Waals surface area contributed by atoms with Crippen LogP contribution in [0.1, 0.15) is 36.5 Å². The Balaban J connectivity index is 2.85. The number of Topliss-reactive ketones (excluding diaryl/α,β-unsaturated/α-hetero) is 1. The zero-order chi connectivity index (χ0) is 12.7. The minimum absolute atomic E-state index is 0.0293. The number of para-hydroxylation sites is 1. The number of aliphatic hydroxyl groups excluding tert-OH is 1. The van der Waals surface area contributed by atoms with Crippen molar-refractivity contribution in [2.45, 2.75) is 26.2 Å². The number of hydrogen-bond acceptors (Lipinski definition) is 3. The quantitative estimate of drug-likeness (QED) is 0.740. The highest BCUT2D eigenvalue weighted by molar-refractivity contribution is 6.00. The van der Waals surface area contributed by atoms with E-state index in [0.717, 1.165) is 19.3 Å². The van der Waals surface area contributed by atoms with E-state index in [1.54, 1.807) is 19.2 Å². The van der Waals surface area contributed by atoms with Gasteiger partial charge in [0.15, 0.2) is 5.78 Å². The molecular formula is C14H20O3. The van der Waals surface area contributed by atoms with Crippen molar-refractivity contribution in [2.24, 2.45) is 5.92 Å². The van der Waals surface area contributed by atoms with Crippen LogP contribution in [0.2, 0.25) is 0 Å². The van der Waals surface area contributed by atoms with Crippen LogP contribution in [0, 0.1) is 5.92 Å². The van der Waals surface area contributed by atoms with E-state index < -0.39 is 0 Å². The molecule has 1 aromatic carbocycles. The minimum atomic E-state index is -0.314. The maximum Gasteiger partial charge on any atom is 0.171 e. The van der Waals surface area contributed by atoms with E-state index in [1.165, 1.54) is 0 Å². The van der Waals surface area contributed by atoms with E-state index in [9.17, 15) is 9.90 Å². The number of rotatable bonds is 7. The van der Waals surface area contributed by atoms with Crippen LogP contribution >= 0.6 is 0 Å². The summed E-state index contributed by atoms with van der Waals surface area (Å²) in [4.78, 5) is 12.2. The van der Waals surface area contributed by atoms with Gasteiger partial charge < -0.3 is 9.84 Å². The molecule has 0 aromatic heterocycles. The molecule has 17 heavy (non-hydrogen) atoms. The summed E-state index contributed by atoms with van der Waals surface area (Å²) in [5, 5.41) is 9.29. The Labute approximate surface area is 102 Å². The number of benzene rings is 1. The predicted octanol–water partition coefficient (Wildman–Crippen LogP) is 2.68. The lowest BCUT2D eigenvalue weighted by Gasteiger charge is -2.14. The molecule has 0 spiro atoms. The fourth-order valence-corrected chi connectivity index (χ4v) is 1.82. The van der Waals surface area contributed by atoms with Crippen LogP contribution in [0.25, 0.3) is 0 Å². The van der Waals surface area contributed by atoms with E-state index in [4.69, 9.17) is 4.74 Å². The number of ether oxygens (including phenoxy) is 1. The third kappa shape index (κ3) is 3.56. The van der Waals surface area contributed by atoms with E-state index in [-0.39, 0.29) is 18.3 Å². The summed E-state index contributed by atoms with van der Waals surface area (Å²) in [6.07, 6.45) is 2.70. The molecule has 0 bridgehead atoms. The van der Waals surface area contributed by atoms with Crippen LogP contribution in [0.4, 0.5) is 0 Å². The van der Waals surface area contributed by atoms with Gasteiger partial charge in [0.2, 0.25) is 0 Å². The fourth-order valence-electron chi connectivity index (χ4n) is 1.82. The Morgan fingerprint density at radius 2 is 2.12 bits per heavy atom. The summed E-state index contributed by atoms with van der Waals surface area (Å²) >= 11 is 0. The van der Waals surface area contributed by atoms with Gasteiger partial charge in [-0.3, -0.25) is 4.79 Å². The Morgan fingerprint density at radius 1 is 1.41 bits per heavy atom. The highest BCUT2D eigenvalue weighted by Crippen LogP contribution is 2.23. The van der Waals surface area contributed by atoms with Crippen LogP contribution in [-0.2, 0) is 0 Å². The van der Waals surface area contributed by atoms with Crippen molar-refractivity contribution >= 4 is 5.78 Å². The van der Waals surface area contributed by atoms with Gasteiger partial charge in [-0.15, -0.1) is 0 Å². The Kier molecular flexibility index (Phi) is 5.70. The average molecular weight is 236 g/mol. The van der Waals surface area contributed by atoms with E-state index in [0.29, 0.717) is 11.3 Å². The van der Waals surface area contributed by atoms with Gasteiger partial charge in [-0.05, 0) is 18.6 Å². The molecule has 0 aliphatic heterocycles. The van der Waals surface area contributed by atoms with E-state index >= 15 is 0 Å². The van der Waals surface area contributed by atoms with Crippen LogP contribution in [-0.4, -0.2) is 24.6 Å². The fraction of sp³-hybridized carbons (Fsp3) is 0.500. The van der Waals surface area contributed by atoms with Gasteiger partial charge in [0.1, 0.15) is 5.75 Å². The molecule has 0 radical (unpaired) electrons. The summed E-state index contributed by atoms with van der Waals surface area (Å²) in [6, 6.07) is 7.15. The lowest BCUT2D eigenvalue weighted by atomic mass is 9.93. The van der Waals surface area contributed by atoms with Crippen LogP contribution in [0.3, 0.4) is 0 Å². The topological polar surface area (TPSA) is 46.5 Å². The average Bonchev–Trinajstić information content (AvgIpc) is 2.39. The molecule has 1 aromatic rings. The first-order chi connectivity index (χ1) is 8.24. The number of hydrogen-bond donors (Lipinski definition) is 1. The normalized spacial score (nSPS) is 12.2. The van der Waals surface area contributed by atoms with Gasteiger partial charge >= 0.3 is 0 Å². The number of unbranched alkanes of at least 4 members (excludes halogenated alkanes) is 1. The smallest absolute Gasteiger partial charge is 0.171 e. The zero-order valence-electron chi connectivity index (χ0n) is 10.5. The molecule has 0 aliphatic rings. The molecular weight excluding hydrogens is 216 g/mol. The molecule has 1 rings (SSSR count). The van der Waals surface area contributed by atoms with Gasteiger partial charge in [-0.25, -0.2) is 0 Å². The molecule has 3 nitrogen and oxygen atoms in total. The second kappa shape index (κ2) is 7.07. The van der Waals surface area contributed by atoms with Crippen molar-refractivity contribution < 1.29 is 14.6 Å². The van der Waals surface area contributed by atoms with Gasteiger partial charge in [-0.1, -0.05) is 31.9 Å². The maximum absolute atomic E-state index is 12.2. The molecule has 1 atom stereocenters. The first-order valence-corrected chi connectivity index (χ1v) is 6.02. The third-order valence-electron chi connectivity index (χ3n) is 2.87. The van der Waals surface area contributed by atoms with Crippen LogP contribution in [0.5, 0.6) is 5.75 Å². The first-order valence-electron chi connectivity index (χ1n) is 6.02. The second-order valence-electron chi connectivity index (χ2n) is 4.09. The summed E-state index contributed by atoms with van der Waals surface area (Å²) in [5.74, 6) is 0.233. The SMILES string of the molecule is CCCCC(CO)C(=O)c1ccccc1OC. The molecule has 1 unspecified atom stereocenters. The molecule has 0 amide bonds. The van der Waals surface area contributed by atoms with Gasteiger partial charge in [0.05, 0.1) is 19.3 Å². The van der Waals surface area contributed by atoms with Crippen molar-refractivity contribution in [3.63, 3.8) is 0 Å². The highest BCUT2D eigenvalue weighted by atomic mass is 16.5. The monoisotopic (exact) mass is 236 g/mol.